The van der Waals surface area contributed by atoms with Gasteiger partial charge in [0.1, 0.15) is 0 Å². The van der Waals surface area contributed by atoms with Crippen LogP contribution in [0.2, 0.25) is 5.02 Å². The molecule has 0 atom stereocenters. The highest BCUT2D eigenvalue weighted by molar-refractivity contribution is 6.30. The summed E-state index contributed by atoms with van der Waals surface area (Å²) in [5.74, 6) is 0.627. The van der Waals surface area contributed by atoms with Crippen molar-refractivity contribution in [3.05, 3.63) is 29.3 Å². The number of amides is 1. The van der Waals surface area contributed by atoms with Crippen molar-refractivity contribution in [3.8, 4) is 0 Å². The molecule has 2 saturated carbocycles. The number of nitrogens with one attached hydrogen (secondary N) is 1. The van der Waals surface area contributed by atoms with E-state index in [1.807, 2.05) is 18.2 Å². The van der Waals surface area contributed by atoms with E-state index < -0.39 is 0 Å². The Bertz CT molecular complexity index is 617. The first-order valence-corrected chi connectivity index (χ1v) is 10.6. The van der Waals surface area contributed by atoms with Gasteiger partial charge in [0.05, 0.1) is 0 Å². The molecule has 5 heteroatoms. The molecule has 1 aromatic carbocycles. The molecule has 0 spiro atoms. The summed E-state index contributed by atoms with van der Waals surface area (Å²) in [6.45, 7) is 4.00. The number of hydrogen-bond acceptors (Lipinski definition) is 3. The Labute approximate surface area is 161 Å². The van der Waals surface area contributed by atoms with Crippen LogP contribution in [0.5, 0.6) is 0 Å². The summed E-state index contributed by atoms with van der Waals surface area (Å²) < 4.78 is 0. The van der Waals surface area contributed by atoms with Gasteiger partial charge in [-0.3, -0.25) is 9.69 Å². The highest BCUT2D eigenvalue weighted by Crippen LogP contribution is 2.30. The molecule has 26 heavy (non-hydrogen) atoms. The third-order valence-electron chi connectivity index (χ3n) is 6.49. The number of benzene rings is 1. The minimum absolute atomic E-state index is 0.225. The highest BCUT2D eigenvalue weighted by Gasteiger charge is 2.33. The molecule has 1 amide bonds. The zero-order chi connectivity index (χ0) is 17.9. The lowest BCUT2D eigenvalue weighted by atomic mass is 9.84. The molecule has 0 bridgehead atoms. The number of carbonyl (C=O) groups is 1. The van der Waals surface area contributed by atoms with E-state index in [1.165, 1.54) is 19.3 Å². The topological polar surface area (TPSA) is 35.6 Å². The summed E-state index contributed by atoms with van der Waals surface area (Å²) in [6, 6.07) is 9.16. The van der Waals surface area contributed by atoms with Crippen molar-refractivity contribution >= 4 is 23.2 Å². The summed E-state index contributed by atoms with van der Waals surface area (Å²) in [6.07, 6.45) is 8.22. The van der Waals surface area contributed by atoms with Crippen LogP contribution in [0, 0.1) is 5.92 Å². The van der Waals surface area contributed by atoms with E-state index in [2.05, 4.69) is 21.2 Å². The minimum atomic E-state index is 0.225. The highest BCUT2D eigenvalue weighted by atomic mass is 35.5. The van der Waals surface area contributed by atoms with Gasteiger partial charge < -0.3 is 10.2 Å². The molecule has 0 unspecified atom stereocenters. The van der Waals surface area contributed by atoms with Crippen LogP contribution in [0.3, 0.4) is 0 Å². The van der Waals surface area contributed by atoms with Gasteiger partial charge in [-0.1, -0.05) is 24.1 Å². The van der Waals surface area contributed by atoms with E-state index in [0.29, 0.717) is 11.9 Å². The van der Waals surface area contributed by atoms with Gasteiger partial charge in [-0.15, -0.1) is 0 Å². The van der Waals surface area contributed by atoms with Crippen LogP contribution in [-0.2, 0) is 4.79 Å². The largest absolute Gasteiger partial charge is 0.382 e. The van der Waals surface area contributed by atoms with Crippen molar-refractivity contribution in [1.82, 2.24) is 9.80 Å². The second-order valence-electron chi connectivity index (χ2n) is 8.15. The third kappa shape index (κ3) is 4.17. The lowest BCUT2D eigenvalue weighted by molar-refractivity contribution is -0.139. The molecule has 1 saturated heterocycles. The normalized spacial score (nSPS) is 27.8. The molecule has 2 aliphatic carbocycles. The maximum Gasteiger partial charge on any atom is 0.225 e. The fourth-order valence-corrected chi connectivity index (χ4v) is 4.81. The van der Waals surface area contributed by atoms with Crippen LogP contribution < -0.4 is 5.32 Å². The van der Waals surface area contributed by atoms with Gasteiger partial charge in [-0.2, -0.15) is 0 Å². The lowest BCUT2D eigenvalue weighted by Crippen LogP contribution is -2.54. The van der Waals surface area contributed by atoms with Gasteiger partial charge in [-0.25, -0.2) is 0 Å². The van der Waals surface area contributed by atoms with Crippen LogP contribution in [-0.4, -0.2) is 54.0 Å². The number of piperazine rings is 1. The summed E-state index contributed by atoms with van der Waals surface area (Å²) in [4.78, 5) is 17.6. The van der Waals surface area contributed by atoms with E-state index in [4.69, 9.17) is 11.6 Å². The van der Waals surface area contributed by atoms with Crippen LogP contribution in [0.15, 0.2) is 24.3 Å². The Balaban J connectivity index is 1.22. The summed E-state index contributed by atoms with van der Waals surface area (Å²) in [5.41, 5.74) is 1.08. The number of nitrogens with zero attached hydrogens (tertiary/aromatic N) is 2. The number of rotatable bonds is 4. The molecular formula is C21H30ClN3O. The number of carbonyl (C=O) groups excluding carboxylic acids is 1. The fourth-order valence-electron chi connectivity index (χ4n) is 4.62. The first-order valence-electron chi connectivity index (χ1n) is 10.2. The van der Waals surface area contributed by atoms with Crippen molar-refractivity contribution in [2.45, 2.75) is 57.0 Å². The monoisotopic (exact) mass is 375 g/mol. The summed E-state index contributed by atoms with van der Waals surface area (Å²) >= 11 is 6.06. The predicted octanol–water partition coefficient (Wildman–Crippen LogP) is 4.01. The Morgan fingerprint density at radius 2 is 1.73 bits per heavy atom. The van der Waals surface area contributed by atoms with Gasteiger partial charge >= 0.3 is 0 Å². The fraction of sp³-hybridized carbons (Fsp3) is 0.667. The molecule has 4 nitrogen and oxygen atoms in total. The van der Waals surface area contributed by atoms with Crippen molar-refractivity contribution in [2.75, 3.05) is 31.5 Å². The number of hydrogen-bond donors (Lipinski definition) is 1. The predicted molar refractivity (Wildman–Crippen MR) is 107 cm³/mol. The van der Waals surface area contributed by atoms with E-state index in [9.17, 15) is 4.79 Å². The maximum absolute atomic E-state index is 12.9. The van der Waals surface area contributed by atoms with Gasteiger partial charge in [0, 0.05) is 54.9 Å². The molecular weight excluding hydrogens is 346 g/mol. The standard InChI is InChI=1S/C21H30ClN3O/c22-17-3-1-4-19(15-17)23-18-9-7-16(8-10-18)21(26)25-13-11-24(12-14-25)20-5-2-6-20/h1,3-4,15-16,18,20,23H,2,5-14H2/t16-,18+. The summed E-state index contributed by atoms with van der Waals surface area (Å²) in [5, 5.41) is 4.34. The second-order valence-corrected chi connectivity index (χ2v) is 8.59. The zero-order valence-electron chi connectivity index (χ0n) is 15.5. The lowest BCUT2D eigenvalue weighted by Gasteiger charge is -2.44. The van der Waals surface area contributed by atoms with Gasteiger partial charge in [0.2, 0.25) is 5.91 Å². The van der Waals surface area contributed by atoms with Gasteiger partial charge in [0.15, 0.2) is 0 Å². The van der Waals surface area contributed by atoms with E-state index >= 15 is 0 Å². The number of halogens is 1. The Morgan fingerprint density at radius 3 is 2.35 bits per heavy atom. The van der Waals surface area contributed by atoms with Crippen LogP contribution in [0.25, 0.3) is 0 Å². The molecule has 1 N–H and O–H groups in total. The van der Waals surface area contributed by atoms with Crippen molar-refractivity contribution in [2.24, 2.45) is 5.92 Å². The second kappa shape index (κ2) is 8.18. The third-order valence-corrected chi connectivity index (χ3v) is 6.72. The molecule has 4 rings (SSSR count). The SMILES string of the molecule is O=C([C@H]1CC[C@@H](Nc2cccc(Cl)c2)CC1)N1CCN(C2CCC2)CC1. The molecule has 3 fully saturated rings. The Kier molecular flexibility index (Phi) is 5.70. The molecule has 3 aliphatic rings. The quantitative estimate of drug-likeness (QED) is 0.863. The summed E-state index contributed by atoms with van der Waals surface area (Å²) in [7, 11) is 0. The van der Waals surface area contributed by atoms with Crippen molar-refractivity contribution in [1.29, 1.82) is 0 Å². The van der Waals surface area contributed by atoms with Crippen LogP contribution in [0.1, 0.15) is 44.9 Å². The average molecular weight is 376 g/mol. The molecule has 0 aromatic heterocycles. The van der Waals surface area contributed by atoms with E-state index in [-0.39, 0.29) is 5.92 Å². The molecule has 0 radical (unpaired) electrons. The first-order chi connectivity index (χ1) is 12.7. The van der Waals surface area contributed by atoms with E-state index in [1.54, 1.807) is 0 Å². The van der Waals surface area contributed by atoms with Gasteiger partial charge in [0.25, 0.3) is 0 Å². The maximum atomic E-state index is 12.9. The van der Waals surface area contributed by atoms with Crippen LogP contribution in [0.4, 0.5) is 5.69 Å². The van der Waals surface area contributed by atoms with E-state index in [0.717, 1.165) is 68.6 Å². The Hall–Kier alpha value is -1.26. The van der Waals surface area contributed by atoms with Crippen molar-refractivity contribution in [3.63, 3.8) is 0 Å². The average Bonchev–Trinajstić information content (AvgIpc) is 2.61. The smallest absolute Gasteiger partial charge is 0.225 e. The zero-order valence-corrected chi connectivity index (χ0v) is 16.3. The molecule has 1 heterocycles. The number of anilines is 1. The Morgan fingerprint density at radius 1 is 1.00 bits per heavy atom. The van der Waals surface area contributed by atoms with Crippen LogP contribution >= 0.6 is 11.6 Å². The molecule has 142 valence electrons. The first kappa shape index (κ1) is 18.1. The van der Waals surface area contributed by atoms with Crippen molar-refractivity contribution < 1.29 is 4.79 Å². The van der Waals surface area contributed by atoms with Gasteiger partial charge in [-0.05, 0) is 56.7 Å². The molecule has 1 aromatic rings. The molecule has 1 aliphatic heterocycles. The minimum Gasteiger partial charge on any atom is -0.382 e.